The van der Waals surface area contributed by atoms with E-state index in [0.29, 0.717) is 6.54 Å². The van der Waals surface area contributed by atoms with Crippen molar-refractivity contribution in [3.05, 3.63) is 30.1 Å². The molecular weight excluding hydrogens is 256 g/mol. The van der Waals surface area contributed by atoms with Gasteiger partial charge in [-0.2, -0.15) is 0 Å². The molecule has 20 heavy (non-hydrogen) atoms. The molecule has 1 N–H and O–H groups in total. The smallest absolute Gasteiger partial charge is 0.318 e. The third-order valence-corrected chi connectivity index (χ3v) is 3.80. The number of rotatable bonds is 5. The molecule has 0 aromatic carbocycles. The van der Waals surface area contributed by atoms with Gasteiger partial charge in [-0.1, -0.05) is 18.9 Å². The zero-order valence-electron chi connectivity index (χ0n) is 11.7. The molecule has 1 aliphatic carbocycles. The lowest BCUT2D eigenvalue weighted by molar-refractivity contribution is -0.152. The lowest BCUT2D eigenvalue weighted by Crippen LogP contribution is -2.39. The highest BCUT2D eigenvalue weighted by atomic mass is 16.5. The summed E-state index contributed by atoms with van der Waals surface area (Å²) in [6, 6.07) is 3.70. The van der Waals surface area contributed by atoms with Crippen LogP contribution in [0.1, 0.15) is 31.2 Å². The van der Waals surface area contributed by atoms with Crippen molar-refractivity contribution in [3.8, 4) is 0 Å². The number of pyridine rings is 1. The van der Waals surface area contributed by atoms with Crippen LogP contribution in [0.4, 0.5) is 0 Å². The number of nitrogens with zero attached hydrogens (tertiary/aromatic N) is 1. The first kappa shape index (κ1) is 14.5. The molecule has 1 aliphatic rings. The molecule has 1 aromatic heterocycles. The van der Waals surface area contributed by atoms with Gasteiger partial charge < -0.3 is 10.1 Å². The van der Waals surface area contributed by atoms with Crippen LogP contribution in [0, 0.1) is 11.8 Å². The van der Waals surface area contributed by atoms with Crippen molar-refractivity contribution in [2.75, 3.05) is 7.11 Å². The minimum Gasteiger partial charge on any atom is -0.468 e. The molecule has 1 atom stereocenters. The number of carbonyl (C=O) groups is 2. The van der Waals surface area contributed by atoms with Crippen LogP contribution in [0.25, 0.3) is 0 Å². The summed E-state index contributed by atoms with van der Waals surface area (Å²) in [5, 5.41) is 2.81. The second kappa shape index (κ2) is 7.03. The Labute approximate surface area is 118 Å². The fourth-order valence-electron chi connectivity index (χ4n) is 2.73. The van der Waals surface area contributed by atoms with Crippen molar-refractivity contribution in [2.45, 2.75) is 32.2 Å². The van der Waals surface area contributed by atoms with E-state index in [1.165, 1.54) is 7.11 Å². The van der Waals surface area contributed by atoms with Gasteiger partial charge in [0.05, 0.1) is 7.11 Å². The molecule has 0 unspecified atom stereocenters. The molecule has 5 heteroatoms. The van der Waals surface area contributed by atoms with E-state index in [1.54, 1.807) is 12.4 Å². The quantitative estimate of drug-likeness (QED) is 0.656. The molecule has 0 spiro atoms. The van der Waals surface area contributed by atoms with Gasteiger partial charge >= 0.3 is 5.97 Å². The first-order chi connectivity index (χ1) is 9.72. The fourth-order valence-corrected chi connectivity index (χ4v) is 2.73. The number of ether oxygens (including phenoxy) is 1. The molecule has 1 amide bonds. The number of amides is 1. The van der Waals surface area contributed by atoms with Gasteiger partial charge in [0.2, 0.25) is 5.91 Å². The van der Waals surface area contributed by atoms with Crippen molar-refractivity contribution in [3.63, 3.8) is 0 Å². The highest BCUT2D eigenvalue weighted by Gasteiger charge is 2.37. The van der Waals surface area contributed by atoms with Crippen molar-refractivity contribution < 1.29 is 14.3 Å². The fraction of sp³-hybridized carbons (Fsp3) is 0.533. The van der Waals surface area contributed by atoms with E-state index >= 15 is 0 Å². The summed E-state index contributed by atoms with van der Waals surface area (Å²) < 4.78 is 4.79. The normalized spacial score (nSPS) is 16.6. The molecule has 5 nitrogen and oxygen atoms in total. The molecular formula is C15H20N2O3. The van der Waals surface area contributed by atoms with Gasteiger partial charge in [-0.05, 0) is 30.4 Å². The highest BCUT2D eigenvalue weighted by molar-refractivity contribution is 5.98. The van der Waals surface area contributed by atoms with E-state index in [4.69, 9.17) is 4.74 Å². The van der Waals surface area contributed by atoms with E-state index < -0.39 is 11.9 Å². The predicted octanol–water partition coefficient (Wildman–Crippen LogP) is 1.68. The topological polar surface area (TPSA) is 68.3 Å². The third-order valence-electron chi connectivity index (χ3n) is 3.80. The van der Waals surface area contributed by atoms with Crippen molar-refractivity contribution in [1.29, 1.82) is 0 Å². The molecule has 2 rings (SSSR count). The van der Waals surface area contributed by atoms with Crippen LogP contribution in [0.2, 0.25) is 0 Å². The van der Waals surface area contributed by atoms with Gasteiger partial charge in [0.1, 0.15) is 5.92 Å². The lowest BCUT2D eigenvalue weighted by Gasteiger charge is -2.20. The summed E-state index contributed by atoms with van der Waals surface area (Å²) in [5.41, 5.74) is 0.913. The summed E-state index contributed by atoms with van der Waals surface area (Å²) in [7, 11) is 1.33. The maximum absolute atomic E-state index is 12.3. The van der Waals surface area contributed by atoms with E-state index in [-0.39, 0.29) is 11.8 Å². The van der Waals surface area contributed by atoms with Crippen molar-refractivity contribution >= 4 is 11.9 Å². The van der Waals surface area contributed by atoms with Crippen molar-refractivity contribution in [1.82, 2.24) is 10.3 Å². The Balaban J connectivity index is 1.97. The van der Waals surface area contributed by atoms with Gasteiger partial charge in [0, 0.05) is 18.9 Å². The third kappa shape index (κ3) is 3.56. The average Bonchev–Trinajstić information content (AvgIpc) is 3.00. The van der Waals surface area contributed by atoms with Crippen LogP contribution in [0.3, 0.4) is 0 Å². The van der Waals surface area contributed by atoms with Gasteiger partial charge in [0.15, 0.2) is 0 Å². The lowest BCUT2D eigenvalue weighted by atomic mass is 9.90. The first-order valence-corrected chi connectivity index (χ1v) is 6.97. The minimum atomic E-state index is -0.681. The number of nitrogens with one attached hydrogen (secondary N) is 1. The van der Waals surface area contributed by atoms with Gasteiger partial charge in [-0.3, -0.25) is 14.6 Å². The Hall–Kier alpha value is -1.91. The van der Waals surface area contributed by atoms with E-state index in [9.17, 15) is 9.59 Å². The molecule has 0 bridgehead atoms. The second-order valence-corrected chi connectivity index (χ2v) is 5.12. The van der Waals surface area contributed by atoms with Crippen LogP contribution in [0.5, 0.6) is 0 Å². The Kier molecular flexibility index (Phi) is 5.09. The van der Waals surface area contributed by atoms with Gasteiger partial charge in [0.25, 0.3) is 0 Å². The van der Waals surface area contributed by atoms with Crippen LogP contribution in [0.15, 0.2) is 24.5 Å². The maximum Gasteiger partial charge on any atom is 0.318 e. The SMILES string of the molecule is COC(=O)[C@H](C(=O)NCc1cccnc1)C1CCCC1. The Bertz CT molecular complexity index is 455. The highest BCUT2D eigenvalue weighted by Crippen LogP contribution is 2.32. The van der Waals surface area contributed by atoms with Gasteiger partial charge in [-0.25, -0.2) is 0 Å². The number of hydrogen-bond acceptors (Lipinski definition) is 4. The van der Waals surface area contributed by atoms with Crippen LogP contribution < -0.4 is 5.32 Å². The monoisotopic (exact) mass is 276 g/mol. The summed E-state index contributed by atoms with van der Waals surface area (Å²) in [6.07, 6.45) is 7.37. The first-order valence-electron chi connectivity index (χ1n) is 6.97. The standard InChI is InChI=1S/C15H20N2O3/c1-20-15(19)13(12-6-2-3-7-12)14(18)17-10-11-5-4-8-16-9-11/h4-5,8-9,12-13H,2-3,6-7,10H2,1H3,(H,17,18)/t13-/m0/s1. The van der Waals surface area contributed by atoms with E-state index in [2.05, 4.69) is 10.3 Å². The molecule has 1 saturated carbocycles. The molecule has 108 valence electrons. The van der Waals surface area contributed by atoms with Crippen LogP contribution >= 0.6 is 0 Å². The molecule has 0 aliphatic heterocycles. The predicted molar refractivity (Wildman–Crippen MR) is 73.5 cm³/mol. The van der Waals surface area contributed by atoms with Crippen LogP contribution in [-0.2, 0) is 20.9 Å². The summed E-state index contributed by atoms with van der Waals surface area (Å²) in [5.74, 6) is -1.25. The van der Waals surface area contributed by atoms with Crippen molar-refractivity contribution in [2.24, 2.45) is 11.8 Å². The summed E-state index contributed by atoms with van der Waals surface area (Å²) in [4.78, 5) is 28.1. The molecule has 1 aromatic rings. The summed E-state index contributed by atoms with van der Waals surface area (Å²) >= 11 is 0. The minimum absolute atomic E-state index is 0.108. The van der Waals surface area contributed by atoms with E-state index in [1.807, 2.05) is 12.1 Å². The molecule has 0 saturated heterocycles. The Morgan fingerprint density at radius 3 is 2.80 bits per heavy atom. The Morgan fingerprint density at radius 1 is 1.45 bits per heavy atom. The number of methoxy groups -OCH3 is 1. The zero-order chi connectivity index (χ0) is 14.4. The largest absolute Gasteiger partial charge is 0.468 e. The molecule has 1 heterocycles. The zero-order valence-corrected chi connectivity index (χ0v) is 11.7. The number of hydrogen-bond donors (Lipinski definition) is 1. The maximum atomic E-state index is 12.3. The van der Waals surface area contributed by atoms with Gasteiger partial charge in [-0.15, -0.1) is 0 Å². The number of esters is 1. The average molecular weight is 276 g/mol. The molecule has 0 radical (unpaired) electrons. The van der Waals surface area contributed by atoms with Crippen LogP contribution in [-0.4, -0.2) is 24.0 Å². The van der Waals surface area contributed by atoms with E-state index in [0.717, 1.165) is 31.2 Å². The second-order valence-electron chi connectivity index (χ2n) is 5.12. The number of aromatic nitrogens is 1. The number of carbonyl (C=O) groups excluding carboxylic acids is 2. The summed E-state index contributed by atoms with van der Waals surface area (Å²) in [6.45, 7) is 0.382. The molecule has 1 fully saturated rings. The Morgan fingerprint density at radius 2 is 2.20 bits per heavy atom.